The molecule has 148 valence electrons. The molecule has 2 amide bonds. The Bertz CT molecular complexity index is 799. The van der Waals surface area contributed by atoms with Gasteiger partial charge in [-0.25, -0.2) is 4.98 Å². The van der Waals surface area contributed by atoms with E-state index in [0.29, 0.717) is 12.3 Å². The molecule has 1 aromatic carbocycles. The standard InChI is InChI=1S/C21H26N4O3/c1-3-28-18-9-6-16(7-10-18)15(2)23-20(26)21(27)24-17-8-11-19(22-14-17)25-12-4-5-13-25/h6-11,14-15H,3-5,12-13H2,1-2H3,(H,23,26)(H,24,27)/t15-/m1/s1. The number of rotatable bonds is 6. The second-order valence-electron chi connectivity index (χ2n) is 6.75. The molecule has 1 saturated heterocycles. The third kappa shape index (κ3) is 5.00. The molecule has 2 N–H and O–H groups in total. The summed E-state index contributed by atoms with van der Waals surface area (Å²) in [6.45, 7) is 6.35. The third-order valence-corrected chi connectivity index (χ3v) is 4.68. The van der Waals surface area contributed by atoms with Gasteiger partial charge in [0.1, 0.15) is 11.6 Å². The minimum atomic E-state index is -0.714. The van der Waals surface area contributed by atoms with Crippen molar-refractivity contribution in [1.29, 1.82) is 0 Å². The molecule has 0 unspecified atom stereocenters. The summed E-state index contributed by atoms with van der Waals surface area (Å²) in [5, 5.41) is 5.29. The fourth-order valence-corrected chi connectivity index (χ4v) is 3.15. The number of hydrogen-bond acceptors (Lipinski definition) is 5. The van der Waals surface area contributed by atoms with Crippen LogP contribution in [0.25, 0.3) is 0 Å². The molecule has 1 aliphatic rings. The number of nitrogens with zero attached hydrogens (tertiary/aromatic N) is 2. The minimum Gasteiger partial charge on any atom is -0.494 e. The molecule has 2 aromatic rings. The van der Waals surface area contributed by atoms with Crippen LogP contribution >= 0.6 is 0 Å². The molecule has 2 heterocycles. The Morgan fingerprint density at radius 3 is 2.43 bits per heavy atom. The molecule has 1 atom stereocenters. The number of pyridine rings is 1. The van der Waals surface area contributed by atoms with E-state index in [4.69, 9.17) is 4.74 Å². The molecule has 0 bridgehead atoms. The van der Waals surface area contributed by atoms with Gasteiger partial charge < -0.3 is 20.3 Å². The lowest BCUT2D eigenvalue weighted by Crippen LogP contribution is -2.36. The number of hydrogen-bond donors (Lipinski definition) is 2. The number of carbonyl (C=O) groups excluding carboxylic acids is 2. The van der Waals surface area contributed by atoms with Crippen LogP contribution in [0.5, 0.6) is 5.75 Å². The Kier molecular flexibility index (Phi) is 6.47. The highest BCUT2D eigenvalue weighted by molar-refractivity contribution is 6.39. The number of aromatic nitrogens is 1. The van der Waals surface area contributed by atoms with Crippen LogP contribution in [0, 0.1) is 0 Å². The highest BCUT2D eigenvalue weighted by Gasteiger charge is 2.18. The molecule has 1 fully saturated rings. The van der Waals surface area contributed by atoms with E-state index in [9.17, 15) is 9.59 Å². The number of benzene rings is 1. The summed E-state index contributed by atoms with van der Waals surface area (Å²) in [6.07, 6.45) is 3.93. The second kappa shape index (κ2) is 9.21. The van der Waals surface area contributed by atoms with E-state index in [1.165, 1.54) is 12.8 Å². The average molecular weight is 382 g/mol. The van der Waals surface area contributed by atoms with Gasteiger partial charge in [-0.2, -0.15) is 0 Å². The Labute approximate surface area is 165 Å². The first-order valence-electron chi connectivity index (χ1n) is 9.62. The van der Waals surface area contributed by atoms with Gasteiger partial charge in [-0.15, -0.1) is 0 Å². The van der Waals surface area contributed by atoms with Gasteiger partial charge in [0.05, 0.1) is 24.5 Å². The van der Waals surface area contributed by atoms with E-state index in [2.05, 4.69) is 20.5 Å². The molecule has 0 spiro atoms. The van der Waals surface area contributed by atoms with Crippen LogP contribution in [-0.2, 0) is 9.59 Å². The number of anilines is 2. The Hall–Kier alpha value is -3.09. The van der Waals surface area contributed by atoms with Crippen molar-refractivity contribution < 1.29 is 14.3 Å². The minimum absolute atomic E-state index is 0.301. The third-order valence-electron chi connectivity index (χ3n) is 4.68. The normalized spacial score (nSPS) is 14.4. The maximum Gasteiger partial charge on any atom is 0.313 e. The van der Waals surface area contributed by atoms with Crippen molar-refractivity contribution in [2.75, 3.05) is 29.9 Å². The Morgan fingerprint density at radius 2 is 1.82 bits per heavy atom. The van der Waals surface area contributed by atoms with Gasteiger partial charge in [0.25, 0.3) is 0 Å². The van der Waals surface area contributed by atoms with E-state index in [0.717, 1.165) is 30.2 Å². The molecule has 0 radical (unpaired) electrons. The summed E-state index contributed by atoms with van der Waals surface area (Å²) in [5.74, 6) is 0.259. The van der Waals surface area contributed by atoms with Gasteiger partial charge in [-0.05, 0) is 56.5 Å². The van der Waals surface area contributed by atoms with Crippen LogP contribution in [-0.4, -0.2) is 36.5 Å². The molecule has 7 heteroatoms. The number of carbonyl (C=O) groups is 2. The predicted molar refractivity (Wildman–Crippen MR) is 108 cm³/mol. The van der Waals surface area contributed by atoms with Crippen LogP contribution in [0.2, 0.25) is 0 Å². The van der Waals surface area contributed by atoms with Gasteiger partial charge in [0, 0.05) is 13.1 Å². The van der Waals surface area contributed by atoms with Crippen LogP contribution in [0.4, 0.5) is 11.5 Å². The van der Waals surface area contributed by atoms with Crippen molar-refractivity contribution in [3.05, 3.63) is 48.2 Å². The van der Waals surface area contributed by atoms with Crippen molar-refractivity contribution in [3.63, 3.8) is 0 Å². The molecule has 0 aliphatic carbocycles. The molecule has 1 aliphatic heterocycles. The van der Waals surface area contributed by atoms with Crippen molar-refractivity contribution in [3.8, 4) is 5.75 Å². The van der Waals surface area contributed by atoms with E-state index in [-0.39, 0.29) is 6.04 Å². The van der Waals surface area contributed by atoms with E-state index in [1.54, 1.807) is 12.3 Å². The summed E-state index contributed by atoms with van der Waals surface area (Å²) in [4.78, 5) is 31.0. The van der Waals surface area contributed by atoms with Gasteiger partial charge in [-0.3, -0.25) is 9.59 Å². The molecular weight excluding hydrogens is 356 g/mol. The zero-order valence-electron chi connectivity index (χ0n) is 16.3. The smallest absolute Gasteiger partial charge is 0.313 e. The van der Waals surface area contributed by atoms with E-state index >= 15 is 0 Å². The Balaban J connectivity index is 1.52. The topological polar surface area (TPSA) is 83.6 Å². The predicted octanol–water partition coefficient (Wildman–Crippen LogP) is 2.90. The zero-order chi connectivity index (χ0) is 19.9. The summed E-state index contributed by atoms with van der Waals surface area (Å²) < 4.78 is 5.41. The molecule has 0 saturated carbocycles. The van der Waals surface area contributed by atoms with Crippen LogP contribution in [0.1, 0.15) is 38.3 Å². The maximum absolute atomic E-state index is 12.2. The summed E-state index contributed by atoms with van der Waals surface area (Å²) in [7, 11) is 0. The van der Waals surface area contributed by atoms with Crippen molar-refractivity contribution in [2.24, 2.45) is 0 Å². The fraction of sp³-hybridized carbons (Fsp3) is 0.381. The lowest BCUT2D eigenvalue weighted by atomic mass is 10.1. The van der Waals surface area contributed by atoms with Crippen molar-refractivity contribution in [2.45, 2.75) is 32.7 Å². The molecule has 1 aromatic heterocycles. The SMILES string of the molecule is CCOc1ccc([C@@H](C)NC(=O)C(=O)Nc2ccc(N3CCCC3)nc2)cc1. The monoisotopic (exact) mass is 382 g/mol. The highest BCUT2D eigenvalue weighted by Crippen LogP contribution is 2.20. The van der Waals surface area contributed by atoms with Gasteiger partial charge in [0.2, 0.25) is 0 Å². The number of nitrogens with one attached hydrogen (secondary N) is 2. The maximum atomic E-state index is 12.2. The molecular formula is C21H26N4O3. The van der Waals surface area contributed by atoms with Crippen molar-refractivity contribution in [1.82, 2.24) is 10.3 Å². The Morgan fingerprint density at radius 1 is 1.11 bits per heavy atom. The second-order valence-corrected chi connectivity index (χ2v) is 6.75. The summed E-state index contributed by atoms with van der Waals surface area (Å²) in [6, 6.07) is 10.8. The highest BCUT2D eigenvalue weighted by atomic mass is 16.5. The number of ether oxygens (including phenoxy) is 1. The van der Waals surface area contributed by atoms with E-state index in [1.807, 2.05) is 44.2 Å². The van der Waals surface area contributed by atoms with Crippen LogP contribution in [0.15, 0.2) is 42.6 Å². The summed E-state index contributed by atoms with van der Waals surface area (Å²) in [5.41, 5.74) is 1.39. The van der Waals surface area contributed by atoms with Crippen molar-refractivity contribution >= 4 is 23.3 Å². The fourth-order valence-electron chi connectivity index (χ4n) is 3.15. The van der Waals surface area contributed by atoms with Gasteiger partial charge in [0.15, 0.2) is 0 Å². The summed E-state index contributed by atoms with van der Waals surface area (Å²) >= 11 is 0. The average Bonchev–Trinajstić information content (AvgIpc) is 3.24. The van der Waals surface area contributed by atoms with Gasteiger partial charge in [-0.1, -0.05) is 12.1 Å². The first-order valence-corrected chi connectivity index (χ1v) is 9.62. The van der Waals surface area contributed by atoms with Crippen LogP contribution in [0.3, 0.4) is 0 Å². The largest absolute Gasteiger partial charge is 0.494 e. The van der Waals surface area contributed by atoms with E-state index < -0.39 is 11.8 Å². The lowest BCUT2D eigenvalue weighted by molar-refractivity contribution is -0.136. The zero-order valence-corrected chi connectivity index (χ0v) is 16.3. The first-order chi connectivity index (χ1) is 13.6. The number of amides is 2. The van der Waals surface area contributed by atoms with Gasteiger partial charge >= 0.3 is 11.8 Å². The quantitative estimate of drug-likeness (QED) is 0.751. The lowest BCUT2D eigenvalue weighted by Gasteiger charge is -2.17. The molecule has 7 nitrogen and oxygen atoms in total. The first kappa shape index (κ1) is 19.7. The van der Waals surface area contributed by atoms with Crippen LogP contribution < -0.4 is 20.3 Å². The molecule has 3 rings (SSSR count). The molecule has 28 heavy (non-hydrogen) atoms.